The van der Waals surface area contributed by atoms with Crippen LogP contribution < -0.4 is 5.32 Å². The van der Waals surface area contributed by atoms with Crippen LogP contribution in [-0.2, 0) is 24.7 Å². The lowest BCUT2D eigenvalue weighted by atomic mass is 9.76. The molecule has 3 saturated heterocycles. The number of amides is 4. The number of hydrogen-bond donors (Lipinski definition) is 1. The van der Waals surface area contributed by atoms with Crippen LogP contribution >= 0.6 is 0 Å². The van der Waals surface area contributed by atoms with Crippen LogP contribution in [0.15, 0.2) is 97.1 Å². The van der Waals surface area contributed by atoms with Gasteiger partial charge in [0.2, 0.25) is 17.7 Å². The highest BCUT2D eigenvalue weighted by atomic mass is 16.6. The number of nitrogens with zero attached hydrogens (tertiary/aromatic N) is 4. The minimum absolute atomic E-state index is 0.122. The Morgan fingerprint density at radius 3 is 2.09 bits per heavy atom. The molecule has 3 aliphatic heterocycles. The van der Waals surface area contributed by atoms with Crippen LogP contribution in [0.25, 0.3) is 6.08 Å². The van der Waals surface area contributed by atoms with Crippen molar-refractivity contribution in [1.29, 1.82) is 0 Å². The number of benzene rings is 3. The molecule has 2 aliphatic carbocycles. The van der Waals surface area contributed by atoms with E-state index >= 15 is 4.79 Å². The summed E-state index contributed by atoms with van der Waals surface area (Å²) in [5, 5.41) is 3.46. The van der Waals surface area contributed by atoms with Crippen molar-refractivity contribution in [2.45, 2.75) is 106 Å². The molecule has 0 bridgehead atoms. The summed E-state index contributed by atoms with van der Waals surface area (Å²) < 4.78 is 5.60. The highest BCUT2D eigenvalue weighted by Gasteiger charge is 2.58. The number of likely N-dealkylation sites (tertiary alicyclic amines) is 1. The van der Waals surface area contributed by atoms with Gasteiger partial charge >= 0.3 is 6.09 Å². The molecule has 3 aromatic rings. The molecule has 5 aliphatic rings. The number of cyclic esters (lactones) is 1. The molecule has 10 heteroatoms. The van der Waals surface area contributed by atoms with Gasteiger partial charge < -0.3 is 19.9 Å². The highest BCUT2D eigenvalue weighted by molar-refractivity contribution is 5.99. The van der Waals surface area contributed by atoms with Gasteiger partial charge in [-0.25, -0.2) is 4.79 Å². The number of carbonyl (C=O) groups is 4. The van der Waals surface area contributed by atoms with Crippen molar-refractivity contribution in [3.63, 3.8) is 0 Å². The van der Waals surface area contributed by atoms with E-state index in [2.05, 4.69) is 22.3 Å². The predicted molar refractivity (Wildman–Crippen MR) is 215 cm³/mol. The molecule has 0 spiro atoms. The fourth-order valence-electron chi connectivity index (χ4n) is 9.92. The van der Waals surface area contributed by atoms with E-state index in [1.165, 1.54) is 32.1 Å². The molecule has 0 unspecified atom stereocenters. The molecule has 10 nitrogen and oxygen atoms in total. The number of ether oxygens (including phenoxy) is 1. The van der Waals surface area contributed by atoms with Crippen molar-refractivity contribution in [3.05, 3.63) is 114 Å². The molecule has 0 radical (unpaired) electrons. The Labute approximate surface area is 330 Å². The minimum atomic E-state index is -1.08. The molecule has 5 fully saturated rings. The van der Waals surface area contributed by atoms with E-state index in [4.69, 9.17) is 4.74 Å². The monoisotopic (exact) mass is 757 g/mol. The van der Waals surface area contributed by atoms with Crippen molar-refractivity contribution in [2.24, 2.45) is 0 Å². The maximum absolute atomic E-state index is 15.0. The third kappa shape index (κ3) is 7.85. The Hall–Kier alpha value is -4.96. The lowest BCUT2D eigenvalue weighted by molar-refractivity contribution is -0.165. The van der Waals surface area contributed by atoms with Crippen molar-refractivity contribution in [1.82, 2.24) is 24.9 Å². The number of rotatable bonds is 11. The number of β-lactam (4-membered cyclic amide) rings is 1. The van der Waals surface area contributed by atoms with Gasteiger partial charge in [-0.05, 0) is 42.4 Å². The summed E-state index contributed by atoms with van der Waals surface area (Å²) in [4.78, 5) is 65.3. The third-order valence-electron chi connectivity index (χ3n) is 13.0. The first-order valence-corrected chi connectivity index (χ1v) is 20.9. The fourth-order valence-corrected chi connectivity index (χ4v) is 9.92. The summed E-state index contributed by atoms with van der Waals surface area (Å²) >= 11 is 0. The van der Waals surface area contributed by atoms with Gasteiger partial charge in [0, 0.05) is 32.2 Å². The second kappa shape index (κ2) is 17.0. The Morgan fingerprint density at radius 2 is 1.41 bits per heavy atom. The summed E-state index contributed by atoms with van der Waals surface area (Å²) in [7, 11) is 0. The second-order valence-electron chi connectivity index (χ2n) is 16.3. The quantitative estimate of drug-likeness (QED) is 0.219. The summed E-state index contributed by atoms with van der Waals surface area (Å²) in [5.41, 5.74) is 2.22. The molecule has 4 amide bonds. The fraction of sp³-hybridized carbons (Fsp3) is 0.478. The van der Waals surface area contributed by atoms with Crippen LogP contribution in [0.3, 0.4) is 0 Å². The average Bonchev–Trinajstić information content (AvgIpc) is 3.63. The third-order valence-corrected chi connectivity index (χ3v) is 13.0. The van der Waals surface area contributed by atoms with E-state index in [0.29, 0.717) is 19.1 Å². The highest BCUT2D eigenvalue weighted by Crippen LogP contribution is 2.41. The molecular formula is C46H55N5O5. The Morgan fingerprint density at radius 1 is 0.786 bits per heavy atom. The van der Waals surface area contributed by atoms with Gasteiger partial charge in [-0.15, -0.1) is 0 Å². The number of piperazine rings is 1. The summed E-state index contributed by atoms with van der Waals surface area (Å²) in [5.74, 6) is -0.825. The molecular weight excluding hydrogens is 703 g/mol. The molecule has 1 N–H and O–H groups in total. The predicted octanol–water partition coefficient (Wildman–Crippen LogP) is 6.68. The SMILES string of the molecule is O=C(NC1(c2ccccc2)CCCCC1)[C@H](CC(=O)N1CCN(C2CCCCC2)CC1)N1C(=O)[C@@H](N2C(=O)OC[C@@H]2c2ccccc2)[C@H]1/C=C/c1ccccc1. The summed E-state index contributed by atoms with van der Waals surface area (Å²) in [6.07, 6.45) is 14.0. The van der Waals surface area contributed by atoms with Gasteiger partial charge in [0.1, 0.15) is 18.7 Å². The Bertz CT molecular complexity index is 1850. The normalized spacial score (nSPS) is 25.1. The van der Waals surface area contributed by atoms with Crippen LogP contribution in [0.2, 0.25) is 0 Å². The first-order valence-electron chi connectivity index (χ1n) is 20.9. The van der Waals surface area contributed by atoms with Crippen LogP contribution in [0.4, 0.5) is 4.79 Å². The van der Waals surface area contributed by atoms with Gasteiger partial charge in [0.25, 0.3) is 0 Å². The number of hydrogen-bond acceptors (Lipinski definition) is 6. The minimum Gasteiger partial charge on any atom is -0.447 e. The van der Waals surface area contributed by atoms with Gasteiger partial charge in [-0.1, -0.05) is 142 Å². The van der Waals surface area contributed by atoms with Gasteiger partial charge in [-0.3, -0.25) is 24.2 Å². The first kappa shape index (κ1) is 37.9. The van der Waals surface area contributed by atoms with Gasteiger partial charge in [-0.2, -0.15) is 0 Å². The van der Waals surface area contributed by atoms with E-state index in [9.17, 15) is 14.4 Å². The zero-order valence-electron chi connectivity index (χ0n) is 32.3. The summed E-state index contributed by atoms with van der Waals surface area (Å²) in [6.45, 7) is 2.95. The lowest BCUT2D eigenvalue weighted by Gasteiger charge is -2.53. The molecule has 4 atom stereocenters. The summed E-state index contributed by atoms with van der Waals surface area (Å²) in [6, 6.07) is 26.9. The zero-order chi connectivity index (χ0) is 38.5. The van der Waals surface area contributed by atoms with Crippen LogP contribution in [0, 0.1) is 0 Å². The van der Waals surface area contributed by atoms with Gasteiger partial charge in [0.05, 0.1) is 24.0 Å². The van der Waals surface area contributed by atoms with E-state index < -0.39 is 35.8 Å². The van der Waals surface area contributed by atoms with Gasteiger partial charge in [0.15, 0.2) is 0 Å². The smallest absolute Gasteiger partial charge is 0.411 e. The first-order chi connectivity index (χ1) is 27.4. The van der Waals surface area contributed by atoms with Crippen molar-refractivity contribution in [3.8, 4) is 0 Å². The zero-order valence-corrected chi connectivity index (χ0v) is 32.3. The van der Waals surface area contributed by atoms with Crippen LogP contribution in [-0.4, -0.2) is 100 Å². The van der Waals surface area contributed by atoms with E-state index in [0.717, 1.165) is 61.9 Å². The average molecular weight is 758 g/mol. The second-order valence-corrected chi connectivity index (χ2v) is 16.3. The van der Waals surface area contributed by atoms with E-state index in [1.54, 1.807) is 9.80 Å². The van der Waals surface area contributed by atoms with Crippen molar-refractivity contribution < 1.29 is 23.9 Å². The van der Waals surface area contributed by atoms with E-state index in [-0.39, 0.29) is 30.7 Å². The largest absolute Gasteiger partial charge is 0.447 e. The molecule has 0 aromatic heterocycles. The Balaban J connectivity index is 1.11. The van der Waals surface area contributed by atoms with Crippen molar-refractivity contribution in [2.75, 3.05) is 32.8 Å². The van der Waals surface area contributed by atoms with Crippen LogP contribution in [0.1, 0.15) is 93.4 Å². The molecule has 3 heterocycles. The van der Waals surface area contributed by atoms with Crippen molar-refractivity contribution >= 4 is 29.9 Å². The maximum Gasteiger partial charge on any atom is 0.411 e. The molecule has 3 aromatic carbocycles. The maximum atomic E-state index is 15.0. The Kier molecular flexibility index (Phi) is 11.5. The lowest BCUT2D eigenvalue weighted by Crippen LogP contribution is -2.75. The number of carbonyl (C=O) groups excluding carboxylic acids is 4. The molecule has 56 heavy (non-hydrogen) atoms. The van der Waals surface area contributed by atoms with Crippen LogP contribution in [0.5, 0.6) is 0 Å². The van der Waals surface area contributed by atoms with E-state index in [1.807, 2.05) is 95.9 Å². The standard InChI is InChI=1S/C46H55N5O5/c52-41(49-30-28-48(29-31-49)37-22-12-4-13-23-37)32-39(43(53)47-46(26-14-5-15-27-46)36-20-10-3-11-21-36)50-38(25-24-34-16-6-1-7-17-34)42(44(50)54)51-40(33-56-45(51)55)35-18-8-2-9-19-35/h1-3,6-11,16-21,24-25,37-40,42H,4-5,12-15,22-23,26-33H2,(H,47,53)/b25-24+/t38-,39+,40-,42+/m1/s1. The molecule has 294 valence electrons. The molecule has 8 rings (SSSR count). The number of nitrogens with one attached hydrogen (secondary N) is 1. The molecule has 2 saturated carbocycles. The topological polar surface area (TPSA) is 103 Å².